The molecular weight excluding hydrogens is 317 g/mol. The van der Waals surface area contributed by atoms with E-state index >= 15 is 0 Å². The van der Waals surface area contributed by atoms with Crippen LogP contribution in [-0.2, 0) is 16.4 Å². The number of fused-ring (bicyclic) bond motifs is 1. The van der Waals surface area contributed by atoms with E-state index in [0.717, 1.165) is 9.94 Å². The Bertz CT molecular complexity index is 662. The monoisotopic (exact) mass is 335 g/mol. The van der Waals surface area contributed by atoms with E-state index in [0.29, 0.717) is 0 Å². The highest BCUT2D eigenvalue weighted by molar-refractivity contribution is 9.10. The molecule has 2 aromatic rings. The fourth-order valence-corrected chi connectivity index (χ4v) is 2.90. The molecule has 0 spiro atoms. The summed E-state index contributed by atoms with van der Waals surface area (Å²) >= 11 is 3.52. The zero-order valence-electron chi connectivity index (χ0n) is 12.5. The van der Waals surface area contributed by atoms with Gasteiger partial charge in [-0.05, 0) is 45.2 Å². The van der Waals surface area contributed by atoms with Crippen LogP contribution < -0.4 is 5.46 Å². The molecule has 20 heavy (non-hydrogen) atoms. The Morgan fingerprint density at radius 1 is 1.10 bits per heavy atom. The van der Waals surface area contributed by atoms with E-state index in [1.54, 1.807) is 0 Å². The van der Waals surface area contributed by atoms with Gasteiger partial charge < -0.3 is 13.9 Å². The van der Waals surface area contributed by atoms with Crippen LogP contribution >= 0.6 is 15.9 Å². The van der Waals surface area contributed by atoms with E-state index in [2.05, 4.69) is 72.6 Å². The summed E-state index contributed by atoms with van der Waals surface area (Å²) < 4.78 is 15.5. The van der Waals surface area contributed by atoms with Gasteiger partial charge in [-0.1, -0.05) is 22.0 Å². The average molecular weight is 336 g/mol. The molecule has 1 fully saturated rings. The van der Waals surface area contributed by atoms with Crippen LogP contribution in [0.5, 0.6) is 0 Å². The lowest BCUT2D eigenvalue weighted by atomic mass is 9.79. The first-order valence-electron chi connectivity index (χ1n) is 6.81. The summed E-state index contributed by atoms with van der Waals surface area (Å²) in [7, 11) is 1.73. The molecule has 1 aromatic carbocycles. The van der Waals surface area contributed by atoms with Crippen molar-refractivity contribution in [2.75, 3.05) is 0 Å². The molecule has 1 aliphatic heterocycles. The van der Waals surface area contributed by atoms with E-state index in [-0.39, 0.29) is 18.3 Å². The van der Waals surface area contributed by atoms with E-state index in [1.807, 2.05) is 7.05 Å². The van der Waals surface area contributed by atoms with Gasteiger partial charge in [-0.25, -0.2) is 0 Å². The molecule has 106 valence electrons. The largest absolute Gasteiger partial charge is 0.497 e. The Morgan fingerprint density at radius 2 is 1.70 bits per heavy atom. The molecule has 0 bridgehead atoms. The van der Waals surface area contributed by atoms with E-state index in [9.17, 15) is 0 Å². The predicted molar refractivity (Wildman–Crippen MR) is 86.3 cm³/mol. The van der Waals surface area contributed by atoms with E-state index in [1.165, 1.54) is 10.9 Å². The Hall–Kier alpha value is -0.775. The highest BCUT2D eigenvalue weighted by atomic mass is 79.9. The van der Waals surface area contributed by atoms with Crippen molar-refractivity contribution in [3.63, 3.8) is 0 Å². The normalized spacial score (nSPS) is 20.8. The maximum Gasteiger partial charge on any atom is 0.497 e. The van der Waals surface area contributed by atoms with Crippen molar-refractivity contribution < 1.29 is 9.31 Å². The quantitative estimate of drug-likeness (QED) is 0.747. The summed E-state index contributed by atoms with van der Waals surface area (Å²) in [6.45, 7) is 8.31. The minimum Gasteiger partial charge on any atom is -0.399 e. The molecule has 0 atom stereocenters. The number of benzene rings is 1. The first-order chi connectivity index (χ1) is 9.21. The number of nitrogens with zero attached hydrogens (tertiary/aromatic N) is 1. The first-order valence-corrected chi connectivity index (χ1v) is 7.61. The van der Waals surface area contributed by atoms with Gasteiger partial charge in [0.2, 0.25) is 0 Å². The number of halogens is 1. The van der Waals surface area contributed by atoms with Gasteiger partial charge in [0.05, 0.1) is 11.2 Å². The number of hydrogen-bond donors (Lipinski definition) is 0. The first kappa shape index (κ1) is 14.2. The second-order valence-corrected chi connectivity index (χ2v) is 7.36. The summed E-state index contributed by atoms with van der Waals surface area (Å²) in [5, 5.41) is 1.18. The molecule has 3 rings (SSSR count). The lowest BCUT2D eigenvalue weighted by Crippen LogP contribution is -2.41. The number of hydrogen-bond acceptors (Lipinski definition) is 2. The molecule has 3 nitrogen and oxygen atoms in total. The van der Waals surface area contributed by atoms with Crippen LogP contribution in [0.2, 0.25) is 0 Å². The third-order valence-corrected chi connectivity index (χ3v) is 4.98. The summed E-state index contributed by atoms with van der Waals surface area (Å²) in [6, 6.07) is 6.28. The maximum absolute atomic E-state index is 6.15. The van der Waals surface area contributed by atoms with Crippen LogP contribution in [0.1, 0.15) is 27.7 Å². The third kappa shape index (κ3) is 2.03. The standard InChI is InChI=1S/C15H19BBrNO2/c1-14(2)15(3,4)20-16(19-14)12-9-18(5)13-8-10(17)6-7-11(12)13/h6-9H,1-5H3. The topological polar surface area (TPSA) is 23.4 Å². The van der Waals surface area contributed by atoms with Crippen molar-refractivity contribution in [3.8, 4) is 0 Å². The average Bonchev–Trinajstić information content (AvgIpc) is 2.75. The Morgan fingerprint density at radius 3 is 2.30 bits per heavy atom. The van der Waals surface area contributed by atoms with Crippen LogP contribution in [0.3, 0.4) is 0 Å². The van der Waals surface area contributed by atoms with E-state index in [4.69, 9.17) is 9.31 Å². The second-order valence-electron chi connectivity index (χ2n) is 6.45. The minimum atomic E-state index is -0.315. The molecular formula is C15H19BBrNO2. The van der Waals surface area contributed by atoms with Crippen molar-refractivity contribution in [2.24, 2.45) is 7.05 Å². The molecule has 0 radical (unpaired) electrons. The smallest absolute Gasteiger partial charge is 0.399 e. The molecule has 5 heteroatoms. The number of rotatable bonds is 1. The van der Waals surface area contributed by atoms with Gasteiger partial charge in [0, 0.05) is 28.7 Å². The zero-order chi connectivity index (χ0) is 14.7. The SMILES string of the molecule is Cn1cc(B2OC(C)(C)C(C)(C)O2)c2ccc(Br)cc21. The van der Waals surface area contributed by atoms with Crippen LogP contribution in [0.4, 0.5) is 0 Å². The molecule has 2 heterocycles. The molecule has 0 aliphatic carbocycles. The number of aromatic nitrogens is 1. The van der Waals surface area contributed by atoms with Gasteiger partial charge in [0.15, 0.2) is 0 Å². The minimum absolute atomic E-state index is 0.310. The van der Waals surface area contributed by atoms with Gasteiger partial charge in [0.25, 0.3) is 0 Å². The van der Waals surface area contributed by atoms with Crippen LogP contribution in [0.15, 0.2) is 28.9 Å². The highest BCUT2D eigenvalue weighted by Gasteiger charge is 2.52. The fraction of sp³-hybridized carbons (Fsp3) is 0.467. The highest BCUT2D eigenvalue weighted by Crippen LogP contribution is 2.37. The Labute approximate surface area is 128 Å². The summed E-state index contributed by atoms with van der Waals surface area (Å²) in [5.74, 6) is 0. The lowest BCUT2D eigenvalue weighted by Gasteiger charge is -2.32. The van der Waals surface area contributed by atoms with E-state index < -0.39 is 0 Å². The predicted octanol–water partition coefficient (Wildman–Crippen LogP) is 3.24. The summed E-state index contributed by atoms with van der Waals surface area (Å²) in [6.07, 6.45) is 2.10. The second kappa shape index (κ2) is 4.36. The van der Waals surface area contributed by atoms with Crippen molar-refractivity contribution in [2.45, 2.75) is 38.9 Å². The van der Waals surface area contributed by atoms with Crippen LogP contribution in [0, 0.1) is 0 Å². The van der Waals surface area contributed by atoms with Crippen LogP contribution in [-0.4, -0.2) is 22.9 Å². The fourth-order valence-electron chi connectivity index (χ4n) is 2.55. The summed E-state index contributed by atoms with van der Waals surface area (Å²) in [4.78, 5) is 0. The molecule has 1 saturated heterocycles. The Kier molecular flexibility index (Phi) is 3.09. The van der Waals surface area contributed by atoms with Gasteiger partial charge in [0.1, 0.15) is 0 Å². The third-order valence-electron chi connectivity index (χ3n) is 4.49. The van der Waals surface area contributed by atoms with Crippen molar-refractivity contribution in [1.82, 2.24) is 4.57 Å². The lowest BCUT2D eigenvalue weighted by molar-refractivity contribution is 0.00578. The Balaban J connectivity index is 2.09. The zero-order valence-corrected chi connectivity index (χ0v) is 14.1. The molecule has 0 N–H and O–H groups in total. The van der Waals surface area contributed by atoms with Crippen molar-refractivity contribution in [1.29, 1.82) is 0 Å². The molecule has 0 amide bonds. The maximum atomic E-state index is 6.15. The molecule has 1 aliphatic rings. The summed E-state index contributed by atoms with van der Waals surface area (Å²) in [5.41, 5.74) is 1.64. The molecule has 0 unspecified atom stereocenters. The van der Waals surface area contributed by atoms with Crippen molar-refractivity contribution in [3.05, 3.63) is 28.9 Å². The van der Waals surface area contributed by atoms with Gasteiger partial charge in [-0.15, -0.1) is 0 Å². The van der Waals surface area contributed by atoms with Crippen LogP contribution in [0.25, 0.3) is 10.9 Å². The molecule has 0 saturated carbocycles. The molecule has 1 aromatic heterocycles. The van der Waals surface area contributed by atoms with Gasteiger partial charge in [-0.2, -0.15) is 0 Å². The van der Waals surface area contributed by atoms with Gasteiger partial charge in [-0.3, -0.25) is 0 Å². The van der Waals surface area contributed by atoms with Crippen molar-refractivity contribution >= 4 is 39.4 Å². The van der Waals surface area contributed by atoms with Gasteiger partial charge >= 0.3 is 7.12 Å². The number of aryl methyl sites for hydroxylation is 1.